The highest BCUT2D eigenvalue weighted by Crippen LogP contribution is 2.23. The summed E-state index contributed by atoms with van der Waals surface area (Å²) in [6.45, 7) is 5.09. The molecule has 0 heterocycles. The quantitative estimate of drug-likeness (QED) is 0.629. The molecule has 0 spiro atoms. The Morgan fingerprint density at radius 1 is 1.22 bits per heavy atom. The van der Waals surface area contributed by atoms with E-state index in [1.165, 1.54) is 5.56 Å². The third-order valence-corrected chi connectivity index (χ3v) is 3.91. The number of nitrogens with two attached hydrogens (primary N) is 1. The van der Waals surface area contributed by atoms with Crippen LogP contribution in [0.2, 0.25) is 0 Å². The molecule has 0 saturated carbocycles. The molecule has 2 rings (SSSR count). The van der Waals surface area contributed by atoms with Gasteiger partial charge in [-0.15, -0.1) is 0 Å². The molecule has 0 aromatic heterocycles. The molecule has 2 aromatic rings. The van der Waals surface area contributed by atoms with Crippen LogP contribution >= 0.6 is 0 Å². The average Bonchev–Trinajstić information content (AvgIpc) is 2.56. The van der Waals surface area contributed by atoms with Crippen molar-refractivity contribution in [1.29, 1.82) is 0 Å². The van der Waals surface area contributed by atoms with Crippen LogP contribution in [0.15, 0.2) is 48.5 Å². The second-order valence-electron chi connectivity index (χ2n) is 5.63. The molecule has 0 aliphatic rings. The van der Waals surface area contributed by atoms with Gasteiger partial charge in [0.05, 0.1) is 18.3 Å². The van der Waals surface area contributed by atoms with Gasteiger partial charge in [0.25, 0.3) is 0 Å². The Labute approximate surface area is 137 Å². The summed E-state index contributed by atoms with van der Waals surface area (Å²) in [5.41, 5.74) is 8.24. The van der Waals surface area contributed by atoms with E-state index in [9.17, 15) is 4.79 Å². The van der Waals surface area contributed by atoms with Gasteiger partial charge in [0.2, 0.25) is 0 Å². The molecule has 0 aliphatic carbocycles. The fourth-order valence-corrected chi connectivity index (χ4v) is 2.44. The van der Waals surface area contributed by atoms with Crippen LogP contribution in [0.5, 0.6) is 5.75 Å². The summed E-state index contributed by atoms with van der Waals surface area (Å²) < 4.78 is 5.41. The lowest BCUT2D eigenvalue weighted by atomic mass is 10.0. The lowest BCUT2D eigenvalue weighted by Crippen LogP contribution is -2.35. The van der Waals surface area contributed by atoms with E-state index in [1.807, 2.05) is 44.0 Å². The van der Waals surface area contributed by atoms with Gasteiger partial charge in [-0.1, -0.05) is 30.3 Å². The molecular weight excluding hydrogens is 288 g/mol. The number of carbonyl (C=O) groups excluding carboxylic acids is 1. The smallest absolute Gasteiger partial charge is 0.179 e. The summed E-state index contributed by atoms with van der Waals surface area (Å²) in [5, 5.41) is 0. The fourth-order valence-electron chi connectivity index (χ4n) is 2.44. The molecule has 4 nitrogen and oxygen atoms in total. The molecule has 1 atom stereocenters. The predicted octanol–water partition coefficient (Wildman–Crippen LogP) is 3.37. The van der Waals surface area contributed by atoms with Crippen LogP contribution < -0.4 is 10.5 Å². The zero-order chi connectivity index (χ0) is 16.8. The molecule has 23 heavy (non-hydrogen) atoms. The molecule has 0 bridgehead atoms. The maximum Gasteiger partial charge on any atom is 0.179 e. The summed E-state index contributed by atoms with van der Waals surface area (Å²) in [4.78, 5) is 14.7. The van der Waals surface area contributed by atoms with E-state index in [-0.39, 0.29) is 11.8 Å². The summed E-state index contributed by atoms with van der Waals surface area (Å²) in [6, 6.07) is 15.1. The van der Waals surface area contributed by atoms with Crippen molar-refractivity contribution in [1.82, 2.24) is 4.90 Å². The van der Waals surface area contributed by atoms with Crippen molar-refractivity contribution in [2.45, 2.75) is 26.4 Å². The van der Waals surface area contributed by atoms with Crippen LogP contribution in [0.25, 0.3) is 0 Å². The summed E-state index contributed by atoms with van der Waals surface area (Å²) in [6.07, 6.45) is 0. The Morgan fingerprint density at radius 3 is 2.52 bits per heavy atom. The number of benzene rings is 2. The second-order valence-corrected chi connectivity index (χ2v) is 5.63. The molecule has 0 radical (unpaired) electrons. The number of nitrogen functional groups attached to an aromatic ring is 1. The monoisotopic (exact) mass is 312 g/mol. The average molecular weight is 312 g/mol. The minimum atomic E-state index is -0.229. The van der Waals surface area contributed by atoms with Gasteiger partial charge in [0.15, 0.2) is 5.78 Å². The first kappa shape index (κ1) is 17.0. The Kier molecular flexibility index (Phi) is 5.77. The lowest BCUT2D eigenvalue weighted by molar-refractivity contribution is 0.0862. The van der Waals surface area contributed by atoms with Gasteiger partial charge in [-0.2, -0.15) is 0 Å². The molecule has 122 valence electrons. The molecular formula is C19H24N2O2. The maximum atomic E-state index is 12.7. The fraction of sp³-hybridized carbons (Fsp3) is 0.316. The van der Waals surface area contributed by atoms with E-state index < -0.39 is 0 Å². The number of anilines is 1. The van der Waals surface area contributed by atoms with Crippen molar-refractivity contribution in [3.8, 4) is 5.75 Å². The van der Waals surface area contributed by atoms with E-state index in [0.29, 0.717) is 23.6 Å². The van der Waals surface area contributed by atoms with Crippen molar-refractivity contribution in [3.05, 3.63) is 59.7 Å². The normalized spacial score (nSPS) is 12.2. The van der Waals surface area contributed by atoms with Gasteiger partial charge in [0, 0.05) is 12.1 Å². The van der Waals surface area contributed by atoms with E-state index in [2.05, 4.69) is 12.1 Å². The van der Waals surface area contributed by atoms with Crippen molar-refractivity contribution in [2.24, 2.45) is 0 Å². The lowest BCUT2D eigenvalue weighted by Gasteiger charge is -2.24. The number of hydrogen-bond acceptors (Lipinski definition) is 4. The third-order valence-electron chi connectivity index (χ3n) is 3.91. The zero-order valence-corrected chi connectivity index (χ0v) is 14.0. The third kappa shape index (κ3) is 4.33. The highest BCUT2D eigenvalue weighted by atomic mass is 16.5. The molecule has 0 saturated heterocycles. The Morgan fingerprint density at radius 2 is 1.91 bits per heavy atom. The minimum Gasteiger partial charge on any atom is -0.492 e. The SMILES string of the molecule is CCOc1ccc(C(=O)C(C)N(C)Cc2ccccc2)cc1N. The first-order valence-corrected chi connectivity index (χ1v) is 7.83. The number of likely N-dealkylation sites (N-methyl/N-ethyl adjacent to an activating group) is 1. The Balaban J connectivity index is 2.08. The van der Waals surface area contributed by atoms with Crippen LogP contribution in [0.4, 0.5) is 5.69 Å². The predicted molar refractivity (Wildman–Crippen MR) is 93.7 cm³/mol. The molecule has 1 unspecified atom stereocenters. The summed E-state index contributed by atoms with van der Waals surface area (Å²) >= 11 is 0. The number of ketones is 1. The summed E-state index contributed by atoms with van der Waals surface area (Å²) in [5.74, 6) is 0.674. The molecule has 0 fully saturated rings. The van der Waals surface area contributed by atoms with Crippen molar-refractivity contribution >= 4 is 11.5 Å². The number of nitrogens with zero attached hydrogens (tertiary/aromatic N) is 1. The number of hydrogen-bond donors (Lipinski definition) is 1. The van der Waals surface area contributed by atoms with E-state index in [0.717, 1.165) is 6.54 Å². The van der Waals surface area contributed by atoms with Gasteiger partial charge in [0.1, 0.15) is 5.75 Å². The van der Waals surface area contributed by atoms with Crippen molar-refractivity contribution < 1.29 is 9.53 Å². The first-order valence-electron chi connectivity index (χ1n) is 7.83. The highest BCUT2D eigenvalue weighted by Gasteiger charge is 2.20. The van der Waals surface area contributed by atoms with Gasteiger partial charge in [-0.25, -0.2) is 0 Å². The van der Waals surface area contributed by atoms with Crippen molar-refractivity contribution in [2.75, 3.05) is 19.4 Å². The van der Waals surface area contributed by atoms with E-state index >= 15 is 0 Å². The van der Waals surface area contributed by atoms with Crippen LogP contribution in [0, 0.1) is 0 Å². The van der Waals surface area contributed by atoms with E-state index in [4.69, 9.17) is 10.5 Å². The topological polar surface area (TPSA) is 55.6 Å². The molecule has 2 aromatic carbocycles. The zero-order valence-electron chi connectivity index (χ0n) is 14.0. The number of ether oxygens (including phenoxy) is 1. The molecule has 2 N–H and O–H groups in total. The van der Waals surface area contributed by atoms with Crippen molar-refractivity contribution in [3.63, 3.8) is 0 Å². The molecule has 0 amide bonds. The van der Waals surface area contributed by atoms with Crippen LogP contribution in [0.3, 0.4) is 0 Å². The summed E-state index contributed by atoms with van der Waals surface area (Å²) in [7, 11) is 1.95. The standard InChI is InChI=1S/C19H24N2O2/c1-4-23-18-11-10-16(12-17(18)20)19(22)14(2)21(3)13-15-8-6-5-7-9-15/h5-12,14H,4,13,20H2,1-3H3. The molecule has 4 heteroatoms. The van der Waals surface area contributed by atoms with E-state index in [1.54, 1.807) is 18.2 Å². The number of Topliss-reactive ketones (excluding diaryl/α,β-unsaturated/α-hetero) is 1. The first-order chi connectivity index (χ1) is 11.0. The van der Waals surface area contributed by atoms with Crippen LogP contribution in [0.1, 0.15) is 29.8 Å². The number of rotatable bonds is 7. The highest BCUT2D eigenvalue weighted by molar-refractivity contribution is 6.00. The van der Waals surface area contributed by atoms with Gasteiger partial charge < -0.3 is 10.5 Å². The van der Waals surface area contributed by atoms with Crippen LogP contribution in [-0.2, 0) is 6.54 Å². The minimum absolute atomic E-state index is 0.0539. The second kappa shape index (κ2) is 7.79. The Hall–Kier alpha value is -2.33. The largest absolute Gasteiger partial charge is 0.492 e. The Bertz CT molecular complexity index is 656. The maximum absolute atomic E-state index is 12.7. The van der Waals surface area contributed by atoms with Gasteiger partial charge in [-0.05, 0) is 44.7 Å². The van der Waals surface area contributed by atoms with Gasteiger partial charge >= 0.3 is 0 Å². The van der Waals surface area contributed by atoms with Gasteiger partial charge in [-0.3, -0.25) is 9.69 Å². The molecule has 0 aliphatic heterocycles. The number of carbonyl (C=O) groups is 1. The van der Waals surface area contributed by atoms with Crippen LogP contribution in [-0.4, -0.2) is 30.4 Å².